The van der Waals surface area contributed by atoms with E-state index in [0.29, 0.717) is 0 Å². The second-order valence-electron chi connectivity index (χ2n) is 3.89. The van der Waals surface area contributed by atoms with Gasteiger partial charge in [-0.05, 0) is 0 Å². The van der Waals surface area contributed by atoms with Crippen LogP contribution in [0.5, 0.6) is 0 Å². The van der Waals surface area contributed by atoms with E-state index in [9.17, 15) is 4.79 Å². The monoisotopic (exact) mass is 230 g/mol. The van der Waals surface area contributed by atoms with Crippen LogP contribution in [0.2, 0.25) is 0 Å². The lowest BCUT2D eigenvalue weighted by molar-refractivity contribution is -0.143. The molecular formula is C9H11BrO2. The Kier molecular flexibility index (Phi) is 1.70. The summed E-state index contributed by atoms with van der Waals surface area (Å²) in [6, 6.07) is 0. The van der Waals surface area contributed by atoms with Crippen molar-refractivity contribution in [3.8, 4) is 0 Å². The van der Waals surface area contributed by atoms with Gasteiger partial charge in [-0.15, -0.1) is 0 Å². The molecule has 0 amide bonds. The molecule has 66 valence electrons. The number of carbonyl (C=O) groups is 1. The van der Waals surface area contributed by atoms with Crippen molar-refractivity contribution in [1.82, 2.24) is 0 Å². The average Bonchev–Trinajstić information content (AvgIpc) is 2.46. The second-order valence-corrected chi connectivity index (χ2v) is 4.88. The van der Waals surface area contributed by atoms with Crippen molar-refractivity contribution in [2.24, 2.45) is 5.41 Å². The fourth-order valence-corrected chi connectivity index (χ4v) is 2.58. The number of ether oxygens (including phenoxy) is 1. The molecular weight excluding hydrogens is 220 g/mol. The van der Waals surface area contributed by atoms with E-state index >= 15 is 0 Å². The fourth-order valence-electron chi connectivity index (χ4n) is 1.69. The number of rotatable bonds is 0. The first-order valence-corrected chi connectivity index (χ1v) is 4.97. The van der Waals surface area contributed by atoms with Crippen LogP contribution in [0.3, 0.4) is 0 Å². The van der Waals surface area contributed by atoms with E-state index in [1.54, 1.807) is 0 Å². The number of Topliss-reactive ketones (excluding diaryl/α,β-unsaturated/α-hetero) is 1. The minimum Gasteiger partial charge on any atom is -0.364 e. The third-order valence-corrected chi connectivity index (χ3v) is 3.60. The molecule has 3 atom stereocenters. The summed E-state index contributed by atoms with van der Waals surface area (Å²) in [5.41, 5.74) is -0.377. The number of halogens is 1. The standard InChI is InChI=1S/C9H11BrO2/c1-9(2)6-4-3-5(12-6)7(10)8(9)11/h3-7H,1-2H3/t5-,6+,7-/m0/s1. The van der Waals surface area contributed by atoms with Gasteiger partial charge in [0.1, 0.15) is 4.83 Å². The molecule has 2 aliphatic heterocycles. The molecule has 2 bridgehead atoms. The van der Waals surface area contributed by atoms with E-state index in [1.165, 1.54) is 0 Å². The van der Waals surface area contributed by atoms with Crippen molar-refractivity contribution in [2.75, 3.05) is 0 Å². The zero-order valence-corrected chi connectivity index (χ0v) is 8.67. The number of hydrogen-bond donors (Lipinski definition) is 0. The van der Waals surface area contributed by atoms with Crippen LogP contribution in [0.15, 0.2) is 12.2 Å². The van der Waals surface area contributed by atoms with Gasteiger partial charge in [0.15, 0.2) is 5.78 Å². The molecule has 1 fully saturated rings. The number of alkyl halides is 1. The lowest BCUT2D eigenvalue weighted by Gasteiger charge is -2.37. The summed E-state index contributed by atoms with van der Waals surface area (Å²) in [5.74, 6) is 0.244. The smallest absolute Gasteiger partial charge is 0.157 e. The summed E-state index contributed by atoms with van der Waals surface area (Å²) in [4.78, 5) is 11.6. The van der Waals surface area contributed by atoms with E-state index in [2.05, 4.69) is 15.9 Å². The highest BCUT2D eigenvalue weighted by Crippen LogP contribution is 2.40. The molecule has 0 aliphatic carbocycles. The Hall–Kier alpha value is -0.150. The van der Waals surface area contributed by atoms with Crippen molar-refractivity contribution >= 4 is 21.7 Å². The molecule has 2 nitrogen and oxygen atoms in total. The maximum Gasteiger partial charge on any atom is 0.157 e. The molecule has 3 heteroatoms. The predicted octanol–water partition coefficient (Wildman–Crippen LogP) is 1.68. The quantitative estimate of drug-likeness (QED) is 0.468. The van der Waals surface area contributed by atoms with Crippen LogP contribution < -0.4 is 0 Å². The van der Waals surface area contributed by atoms with Crippen LogP contribution >= 0.6 is 15.9 Å². The van der Waals surface area contributed by atoms with Gasteiger partial charge < -0.3 is 4.74 Å². The van der Waals surface area contributed by atoms with E-state index in [-0.39, 0.29) is 28.2 Å². The van der Waals surface area contributed by atoms with Gasteiger partial charge in [0.05, 0.1) is 17.6 Å². The maximum atomic E-state index is 11.7. The third kappa shape index (κ3) is 0.927. The van der Waals surface area contributed by atoms with Gasteiger partial charge in [0.2, 0.25) is 0 Å². The van der Waals surface area contributed by atoms with Gasteiger partial charge in [-0.25, -0.2) is 0 Å². The topological polar surface area (TPSA) is 26.3 Å². The van der Waals surface area contributed by atoms with E-state index < -0.39 is 0 Å². The van der Waals surface area contributed by atoms with Crippen molar-refractivity contribution in [3.63, 3.8) is 0 Å². The summed E-state index contributed by atoms with van der Waals surface area (Å²) in [6.07, 6.45) is 3.89. The molecule has 2 aliphatic rings. The molecule has 0 saturated carbocycles. The van der Waals surface area contributed by atoms with Gasteiger partial charge >= 0.3 is 0 Å². The summed E-state index contributed by atoms with van der Waals surface area (Å²) in [5, 5.41) is 0. The summed E-state index contributed by atoms with van der Waals surface area (Å²) < 4.78 is 5.62. The lowest BCUT2D eigenvalue weighted by atomic mass is 9.80. The number of hydrogen-bond acceptors (Lipinski definition) is 2. The number of fused-ring (bicyclic) bond motifs is 2. The molecule has 0 radical (unpaired) electrons. The van der Waals surface area contributed by atoms with Crippen molar-refractivity contribution < 1.29 is 9.53 Å². The Morgan fingerprint density at radius 1 is 1.50 bits per heavy atom. The van der Waals surface area contributed by atoms with Crippen LogP contribution in [0, 0.1) is 5.41 Å². The Labute approximate surface area is 80.1 Å². The second kappa shape index (κ2) is 2.42. The zero-order chi connectivity index (χ0) is 8.93. The lowest BCUT2D eigenvalue weighted by Crippen LogP contribution is -2.49. The number of ketones is 1. The molecule has 2 heterocycles. The summed E-state index contributed by atoms with van der Waals surface area (Å²) >= 11 is 3.36. The summed E-state index contributed by atoms with van der Waals surface area (Å²) in [7, 11) is 0. The third-order valence-electron chi connectivity index (χ3n) is 2.66. The van der Waals surface area contributed by atoms with Gasteiger partial charge in [0.25, 0.3) is 0 Å². The summed E-state index contributed by atoms with van der Waals surface area (Å²) in [6.45, 7) is 3.86. The van der Waals surface area contributed by atoms with E-state index in [4.69, 9.17) is 4.74 Å². The maximum absolute atomic E-state index is 11.7. The molecule has 1 saturated heterocycles. The normalized spacial score (nSPS) is 43.6. The van der Waals surface area contributed by atoms with Crippen molar-refractivity contribution in [2.45, 2.75) is 30.9 Å². The molecule has 0 spiro atoms. The van der Waals surface area contributed by atoms with E-state index in [1.807, 2.05) is 26.0 Å². The van der Waals surface area contributed by atoms with Crippen LogP contribution in [-0.4, -0.2) is 22.8 Å². The largest absolute Gasteiger partial charge is 0.364 e. The van der Waals surface area contributed by atoms with E-state index in [0.717, 1.165) is 0 Å². The van der Waals surface area contributed by atoms with Crippen molar-refractivity contribution in [1.29, 1.82) is 0 Å². The molecule has 0 aromatic rings. The van der Waals surface area contributed by atoms with Gasteiger partial charge in [0, 0.05) is 0 Å². The highest BCUT2D eigenvalue weighted by atomic mass is 79.9. The first kappa shape index (κ1) is 8.45. The Morgan fingerprint density at radius 2 is 2.17 bits per heavy atom. The zero-order valence-electron chi connectivity index (χ0n) is 7.08. The first-order chi connectivity index (χ1) is 5.53. The highest BCUT2D eigenvalue weighted by molar-refractivity contribution is 9.10. The Balaban J connectivity index is 2.38. The molecule has 0 N–H and O–H groups in total. The van der Waals surface area contributed by atoms with Crippen LogP contribution in [0.25, 0.3) is 0 Å². The minimum atomic E-state index is -0.377. The number of carbonyl (C=O) groups excluding carboxylic acids is 1. The Bertz CT molecular complexity index is 257. The molecule has 0 aromatic carbocycles. The Morgan fingerprint density at radius 3 is 2.83 bits per heavy atom. The van der Waals surface area contributed by atoms with Gasteiger partial charge in [-0.2, -0.15) is 0 Å². The van der Waals surface area contributed by atoms with Gasteiger partial charge in [-0.3, -0.25) is 4.79 Å². The fraction of sp³-hybridized carbons (Fsp3) is 0.667. The highest BCUT2D eigenvalue weighted by Gasteiger charge is 2.50. The first-order valence-electron chi connectivity index (χ1n) is 4.05. The van der Waals surface area contributed by atoms with Gasteiger partial charge in [-0.1, -0.05) is 41.9 Å². The molecule has 0 unspecified atom stereocenters. The predicted molar refractivity (Wildman–Crippen MR) is 49.3 cm³/mol. The SMILES string of the molecule is CC1(C)C(=O)[C@@H](Br)[C@@H]2C=C[C@H]1O2. The minimum absolute atomic E-state index is 0.0243. The molecule has 0 aromatic heterocycles. The van der Waals surface area contributed by atoms with Crippen molar-refractivity contribution in [3.05, 3.63) is 12.2 Å². The van der Waals surface area contributed by atoms with Crippen LogP contribution in [0.4, 0.5) is 0 Å². The van der Waals surface area contributed by atoms with Crippen LogP contribution in [0.1, 0.15) is 13.8 Å². The molecule has 2 rings (SSSR count). The van der Waals surface area contributed by atoms with Crippen LogP contribution in [-0.2, 0) is 9.53 Å². The molecule has 12 heavy (non-hydrogen) atoms. The average molecular weight is 231 g/mol.